The largest absolute Gasteiger partial charge is 0.383 e. The summed E-state index contributed by atoms with van der Waals surface area (Å²) in [6.45, 7) is 6.30. The minimum absolute atomic E-state index is 0.00610. The van der Waals surface area contributed by atoms with E-state index >= 15 is 0 Å². The van der Waals surface area contributed by atoms with Crippen LogP contribution in [-0.4, -0.2) is 19.5 Å². The molecule has 1 aliphatic carbocycles. The van der Waals surface area contributed by atoms with Crippen molar-refractivity contribution in [2.75, 3.05) is 5.73 Å². The van der Waals surface area contributed by atoms with Gasteiger partial charge in [-0.25, -0.2) is 15.0 Å². The van der Waals surface area contributed by atoms with E-state index in [1.165, 1.54) is 28.6 Å². The van der Waals surface area contributed by atoms with Gasteiger partial charge < -0.3 is 5.73 Å². The molecule has 4 aromatic rings. The fourth-order valence-corrected chi connectivity index (χ4v) is 6.69. The Labute approximate surface area is 188 Å². The number of aryl methyl sites for hydroxylation is 1. The average molecular weight is 452 g/mol. The number of benzene rings is 1. The van der Waals surface area contributed by atoms with Crippen molar-refractivity contribution in [3.63, 3.8) is 0 Å². The SMILES string of the molecule is CC1CCc2c(sc3nc(CSc4nc5ccccc5c(=O)n4C(C)C)nc(N)c23)C1. The highest BCUT2D eigenvalue weighted by molar-refractivity contribution is 7.98. The van der Waals surface area contributed by atoms with Gasteiger partial charge in [0, 0.05) is 10.9 Å². The number of thiophene rings is 1. The maximum Gasteiger partial charge on any atom is 0.262 e. The molecule has 1 aliphatic rings. The van der Waals surface area contributed by atoms with Crippen LogP contribution in [-0.2, 0) is 18.6 Å². The summed E-state index contributed by atoms with van der Waals surface area (Å²) in [6.07, 6.45) is 3.34. The number of thioether (sulfide) groups is 1. The van der Waals surface area contributed by atoms with Gasteiger partial charge in [0.25, 0.3) is 5.56 Å². The van der Waals surface area contributed by atoms with Crippen LogP contribution < -0.4 is 11.3 Å². The lowest BCUT2D eigenvalue weighted by Gasteiger charge is -2.17. The Kier molecular flexibility index (Phi) is 5.22. The van der Waals surface area contributed by atoms with E-state index in [2.05, 4.69) is 11.9 Å². The van der Waals surface area contributed by atoms with Gasteiger partial charge in [-0.1, -0.05) is 30.8 Å². The molecule has 0 aliphatic heterocycles. The Morgan fingerprint density at radius 3 is 2.87 bits per heavy atom. The van der Waals surface area contributed by atoms with Gasteiger partial charge in [0.05, 0.1) is 22.0 Å². The average Bonchev–Trinajstić information content (AvgIpc) is 3.09. The summed E-state index contributed by atoms with van der Waals surface area (Å²) in [5.74, 6) is 2.47. The van der Waals surface area contributed by atoms with Crippen LogP contribution in [0.5, 0.6) is 0 Å². The van der Waals surface area contributed by atoms with Crippen LogP contribution in [0.4, 0.5) is 5.82 Å². The Hall–Kier alpha value is -2.45. The number of aromatic nitrogens is 4. The van der Waals surface area contributed by atoms with Crippen molar-refractivity contribution < 1.29 is 0 Å². The summed E-state index contributed by atoms with van der Waals surface area (Å²) >= 11 is 3.24. The fourth-order valence-electron chi connectivity index (χ4n) is 4.29. The van der Waals surface area contributed by atoms with Crippen LogP contribution in [0.25, 0.3) is 21.1 Å². The first kappa shape index (κ1) is 20.5. The molecule has 0 spiro atoms. The Morgan fingerprint density at radius 2 is 2.06 bits per heavy atom. The van der Waals surface area contributed by atoms with Crippen LogP contribution in [0, 0.1) is 5.92 Å². The molecule has 0 amide bonds. The predicted molar refractivity (Wildman–Crippen MR) is 129 cm³/mol. The number of anilines is 1. The summed E-state index contributed by atoms with van der Waals surface area (Å²) in [5.41, 5.74) is 8.42. The Bertz CT molecular complexity index is 1360. The maximum atomic E-state index is 13.0. The highest BCUT2D eigenvalue weighted by Gasteiger charge is 2.23. The topological polar surface area (TPSA) is 86.7 Å². The van der Waals surface area contributed by atoms with Crippen LogP contribution in [0.2, 0.25) is 0 Å². The number of rotatable bonds is 4. The zero-order valence-electron chi connectivity index (χ0n) is 17.9. The first-order chi connectivity index (χ1) is 14.9. The van der Waals surface area contributed by atoms with Crippen molar-refractivity contribution in [3.05, 3.63) is 50.9 Å². The second kappa shape index (κ2) is 7.91. The van der Waals surface area contributed by atoms with E-state index in [-0.39, 0.29) is 11.6 Å². The zero-order chi connectivity index (χ0) is 21.7. The molecule has 1 aromatic carbocycles. The van der Waals surface area contributed by atoms with Crippen molar-refractivity contribution in [2.24, 2.45) is 5.92 Å². The van der Waals surface area contributed by atoms with E-state index < -0.39 is 0 Å². The smallest absolute Gasteiger partial charge is 0.262 e. The second-order valence-corrected chi connectivity index (χ2v) is 10.6. The first-order valence-corrected chi connectivity index (χ1v) is 12.4. The Balaban J connectivity index is 1.51. The summed E-state index contributed by atoms with van der Waals surface area (Å²) in [5, 5.41) is 2.37. The minimum atomic E-state index is -0.0148. The number of hydrogen-bond acceptors (Lipinski definition) is 7. The van der Waals surface area contributed by atoms with E-state index in [1.807, 2.05) is 38.1 Å². The van der Waals surface area contributed by atoms with E-state index in [4.69, 9.17) is 15.7 Å². The third kappa shape index (κ3) is 3.61. The third-order valence-electron chi connectivity index (χ3n) is 5.85. The minimum Gasteiger partial charge on any atom is -0.383 e. The molecule has 0 saturated heterocycles. The van der Waals surface area contributed by atoms with Gasteiger partial charge >= 0.3 is 0 Å². The summed E-state index contributed by atoms with van der Waals surface area (Å²) in [4.78, 5) is 29.6. The van der Waals surface area contributed by atoms with E-state index in [1.54, 1.807) is 15.9 Å². The van der Waals surface area contributed by atoms with Crippen LogP contribution in [0.3, 0.4) is 0 Å². The van der Waals surface area contributed by atoms with Crippen LogP contribution in [0.1, 0.15) is 49.5 Å². The van der Waals surface area contributed by atoms with Gasteiger partial charge in [-0.3, -0.25) is 9.36 Å². The predicted octanol–water partition coefficient (Wildman–Crippen LogP) is 4.98. The lowest BCUT2D eigenvalue weighted by Crippen LogP contribution is -2.25. The molecule has 2 N–H and O–H groups in total. The molecular weight excluding hydrogens is 426 g/mol. The van der Waals surface area contributed by atoms with Gasteiger partial charge in [-0.15, -0.1) is 11.3 Å². The van der Waals surface area contributed by atoms with Gasteiger partial charge in [-0.05, 0) is 56.7 Å². The number of hydrogen-bond donors (Lipinski definition) is 1. The fraction of sp³-hybridized carbons (Fsp3) is 0.391. The molecule has 8 heteroatoms. The molecule has 1 unspecified atom stereocenters. The molecule has 1 atom stereocenters. The summed E-state index contributed by atoms with van der Waals surface area (Å²) < 4.78 is 1.75. The molecule has 0 radical (unpaired) electrons. The lowest BCUT2D eigenvalue weighted by molar-refractivity contribution is 0.509. The molecule has 31 heavy (non-hydrogen) atoms. The molecular formula is C23H25N5OS2. The molecule has 0 bridgehead atoms. The van der Waals surface area contributed by atoms with E-state index in [0.717, 1.165) is 23.1 Å². The standard InChI is InChI=1S/C23H25N5OS2/c1-12(2)28-22(29)14-6-4-5-7-16(14)25-23(28)30-11-18-26-20(24)19-15-9-8-13(3)10-17(15)31-21(19)27-18/h4-7,12-13H,8-11H2,1-3H3,(H2,24,26,27). The molecule has 0 saturated carbocycles. The highest BCUT2D eigenvalue weighted by atomic mass is 32.2. The molecule has 5 rings (SSSR count). The van der Waals surface area contributed by atoms with Crippen LogP contribution in [0.15, 0.2) is 34.2 Å². The van der Waals surface area contributed by atoms with Crippen molar-refractivity contribution in [3.8, 4) is 0 Å². The monoisotopic (exact) mass is 451 g/mol. The van der Waals surface area contributed by atoms with Crippen molar-refractivity contribution in [1.29, 1.82) is 0 Å². The van der Waals surface area contributed by atoms with Crippen LogP contribution >= 0.6 is 23.1 Å². The van der Waals surface area contributed by atoms with Crippen molar-refractivity contribution in [1.82, 2.24) is 19.5 Å². The number of para-hydroxylation sites is 1. The van der Waals surface area contributed by atoms with Gasteiger partial charge in [0.15, 0.2) is 5.16 Å². The highest BCUT2D eigenvalue weighted by Crippen LogP contribution is 2.39. The van der Waals surface area contributed by atoms with Gasteiger partial charge in [0.1, 0.15) is 16.5 Å². The number of nitrogens with two attached hydrogens (primary N) is 1. The van der Waals surface area contributed by atoms with E-state index in [9.17, 15) is 4.79 Å². The third-order valence-corrected chi connectivity index (χ3v) is 7.95. The van der Waals surface area contributed by atoms with Crippen molar-refractivity contribution >= 4 is 50.0 Å². The zero-order valence-corrected chi connectivity index (χ0v) is 19.5. The number of nitrogen functional groups attached to an aromatic ring is 1. The summed E-state index contributed by atoms with van der Waals surface area (Å²) in [6, 6.07) is 7.49. The molecule has 3 aromatic heterocycles. The molecule has 6 nitrogen and oxygen atoms in total. The van der Waals surface area contributed by atoms with Gasteiger partial charge in [-0.2, -0.15) is 0 Å². The first-order valence-electron chi connectivity index (χ1n) is 10.6. The number of nitrogens with zero attached hydrogens (tertiary/aromatic N) is 4. The second-order valence-electron chi connectivity index (χ2n) is 8.53. The number of fused-ring (bicyclic) bond motifs is 4. The quantitative estimate of drug-likeness (QED) is 0.348. The maximum absolute atomic E-state index is 13.0. The van der Waals surface area contributed by atoms with E-state index in [0.29, 0.717) is 39.4 Å². The van der Waals surface area contributed by atoms with Crippen molar-refractivity contribution in [2.45, 2.75) is 57.0 Å². The van der Waals surface area contributed by atoms with Gasteiger partial charge in [0.2, 0.25) is 0 Å². The normalized spacial score (nSPS) is 16.3. The Morgan fingerprint density at radius 1 is 1.26 bits per heavy atom. The summed E-state index contributed by atoms with van der Waals surface area (Å²) in [7, 11) is 0. The lowest BCUT2D eigenvalue weighted by atomic mass is 9.89. The molecule has 160 valence electrons. The molecule has 0 fully saturated rings. The molecule has 3 heterocycles.